The largest absolute Gasteiger partial charge is 0.456 e. The molecule has 0 saturated carbocycles. The topological polar surface area (TPSA) is 70.1 Å². The number of carbonyl (C=O) groups excluding carboxylic acids is 1. The van der Waals surface area contributed by atoms with Crippen molar-refractivity contribution in [3.05, 3.63) is 47.7 Å². The number of benzene rings is 1. The maximum absolute atomic E-state index is 11.7. The van der Waals surface area contributed by atoms with Gasteiger partial charge < -0.3 is 10.5 Å². The van der Waals surface area contributed by atoms with Crippen LogP contribution in [0.4, 0.5) is 5.82 Å². The average Bonchev–Trinajstić information content (AvgIpc) is 2.67. The monoisotopic (exact) mass is 231 g/mol. The minimum absolute atomic E-state index is 0.241. The number of rotatable bonds is 3. The minimum Gasteiger partial charge on any atom is -0.456 e. The summed E-state index contributed by atoms with van der Waals surface area (Å²) in [6, 6.07) is 11.0. The van der Waals surface area contributed by atoms with Crippen LogP contribution >= 0.6 is 0 Å². The molecule has 2 rings (SSSR count). The molecule has 1 aromatic heterocycles. The Balaban J connectivity index is 2.01. The van der Waals surface area contributed by atoms with Crippen molar-refractivity contribution in [2.24, 2.45) is 7.05 Å². The first kappa shape index (κ1) is 11.2. The molecule has 0 radical (unpaired) electrons. The van der Waals surface area contributed by atoms with Crippen LogP contribution < -0.4 is 5.73 Å². The van der Waals surface area contributed by atoms with Crippen LogP contribution in [-0.4, -0.2) is 15.7 Å². The van der Waals surface area contributed by atoms with Gasteiger partial charge in [-0.15, -0.1) is 0 Å². The van der Waals surface area contributed by atoms with Crippen LogP contribution in [0, 0.1) is 0 Å². The van der Waals surface area contributed by atoms with Crippen molar-refractivity contribution in [1.29, 1.82) is 0 Å². The first-order chi connectivity index (χ1) is 8.16. The van der Waals surface area contributed by atoms with Crippen molar-refractivity contribution >= 4 is 11.8 Å². The van der Waals surface area contributed by atoms with E-state index in [0.717, 1.165) is 5.56 Å². The number of carbonyl (C=O) groups is 1. The Hall–Kier alpha value is -2.30. The van der Waals surface area contributed by atoms with Gasteiger partial charge in [0.2, 0.25) is 0 Å². The minimum atomic E-state index is -0.430. The zero-order valence-electron chi connectivity index (χ0n) is 9.46. The summed E-state index contributed by atoms with van der Waals surface area (Å²) in [5.41, 5.74) is 6.77. The fourth-order valence-corrected chi connectivity index (χ4v) is 1.48. The molecule has 2 N–H and O–H groups in total. The number of hydrogen-bond donors (Lipinski definition) is 1. The zero-order valence-corrected chi connectivity index (χ0v) is 9.46. The van der Waals surface area contributed by atoms with Gasteiger partial charge >= 0.3 is 5.97 Å². The van der Waals surface area contributed by atoms with E-state index in [4.69, 9.17) is 10.5 Å². The van der Waals surface area contributed by atoms with E-state index in [1.165, 1.54) is 10.7 Å². The zero-order chi connectivity index (χ0) is 12.3. The molecule has 17 heavy (non-hydrogen) atoms. The lowest BCUT2D eigenvalue weighted by Crippen LogP contribution is -2.10. The Morgan fingerprint density at radius 3 is 2.71 bits per heavy atom. The van der Waals surface area contributed by atoms with Crippen molar-refractivity contribution in [2.45, 2.75) is 6.61 Å². The van der Waals surface area contributed by atoms with Gasteiger partial charge in [0.05, 0.1) is 0 Å². The number of aryl methyl sites for hydroxylation is 1. The van der Waals surface area contributed by atoms with Gasteiger partial charge in [0.15, 0.2) is 0 Å². The van der Waals surface area contributed by atoms with E-state index >= 15 is 0 Å². The summed E-state index contributed by atoms with van der Waals surface area (Å²) in [5, 5.41) is 3.88. The second-order valence-electron chi connectivity index (χ2n) is 3.64. The van der Waals surface area contributed by atoms with E-state index in [2.05, 4.69) is 5.10 Å². The normalized spacial score (nSPS) is 10.2. The first-order valence-electron chi connectivity index (χ1n) is 5.17. The van der Waals surface area contributed by atoms with Crippen LogP contribution in [0.2, 0.25) is 0 Å². The van der Waals surface area contributed by atoms with Crippen LogP contribution in [0.5, 0.6) is 0 Å². The number of esters is 1. The highest BCUT2D eigenvalue weighted by Crippen LogP contribution is 2.08. The highest BCUT2D eigenvalue weighted by molar-refractivity contribution is 5.88. The Labute approximate surface area is 98.8 Å². The maximum Gasteiger partial charge on any atom is 0.357 e. The van der Waals surface area contributed by atoms with Crippen molar-refractivity contribution in [3.8, 4) is 0 Å². The van der Waals surface area contributed by atoms with E-state index in [1.807, 2.05) is 30.3 Å². The number of ether oxygens (including phenoxy) is 1. The summed E-state index contributed by atoms with van der Waals surface area (Å²) >= 11 is 0. The van der Waals surface area contributed by atoms with E-state index in [-0.39, 0.29) is 6.61 Å². The summed E-state index contributed by atoms with van der Waals surface area (Å²) in [4.78, 5) is 11.7. The molecule has 0 spiro atoms. The molecule has 0 fully saturated rings. The molecule has 0 aliphatic carbocycles. The predicted molar refractivity (Wildman–Crippen MR) is 63.2 cm³/mol. The molecule has 5 heteroatoms. The van der Waals surface area contributed by atoms with E-state index < -0.39 is 5.97 Å². The highest BCUT2D eigenvalue weighted by atomic mass is 16.5. The van der Waals surface area contributed by atoms with Gasteiger partial charge in [0, 0.05) is 13.1 Å². The third-order valence-corrected chi connectivity index (χ3v) is 2.32. The third-order valence-electron chi connectivity index (χ3n) is 2.32. The lowest BCUT2D eigenvalue weighted by Gasteiger charge is -2.04. The Morgan fingerprint density at radius 2 is 2.12 bits per heavy atom. The number of nitrogens with two attached hydrogens (primary N) is 1. The summed E-state index contributed by atoms with van der Waals surface area (Å²) in [6.45, 7) is 0.241. The summed E-state index contributed by atoms with van der Waals surface area (Å²) in [7, 11) is 1.65. The van der Waals surface area contributed by atoms with E-state index in [9.17, 15) is 4.79 Å². The maximum atomic E-state index is 11.7. The molecular weight excluding hydrogens is 218 g/mol. The van der Waals surface area contributed by atoms with Gasteiger partial charge in [-0.1, -0.05) is 30.3 Å². The second kappa shape index (κ2) is 4.69. The lowest BCUT2D eigenvalue weighted by atomic mass is 10.2. The Morgan fingerprint density at radius 1 is 1.41 bits per heavy atom. The molecular formula is C12H13N3O2. The van der Waals surface area contributed by atoms with E-state index in [0.29, 0.717) is 11.5 Å². The van der Waals surface area contributed by atoms with Crippen molar-refractivity contribution in [2.75, 3.05) is 5.73 Å². The molecule has 2 aromatic rings. The number of anilines is 1. The fourth-order valence-electron chi connectivity index (χ4n) is 1.48. The van der Waals surface area contributed by atoms with Gasteiger partial charge in [-0.05, 0) is 5.56 Å². The molecule has 0 amide bonds. The third kappa shape index (κ3) is 2.63. The van der Waals surface area contributed by atoms with Gasteiger partial charge in [-0.2, -0.15) is 5.10 Å². The smallest absolute Gasteiger partial charge is 0.357 e. The second-order valence-corrected chi connectivity index (χ2v) is 3.64. The van der Waals surface area contributed by atoms with Gasteiger partial charge in [0.1, 0.15) is 18.1 Å². The van der Waals surface area contributed by atoms with Gasteiger partial charge in [-0.25, -0.2) is 4.79 Å². The average molecular weight is 231 g/mol. The molecule has 0 saturated heterocycles. The molecule has 5 nitrogen and oxygen atoms in total. The van der Waals surface area contributed by atoms with Gasteiger partial charge in [0.25, 0.3) is 0 Å². The van der Waals surface area contributed by atoms with Crippen molar-refractivity contribution < 1.29 is 9.53 Å². The predicted octanol–water partition coefficient (Wildman–Crippen LogP) is 1.36. The molecule has 1 heterocycles. The summed E-state index contributed by atoms with van der Waals surface area (Å²) < 4.78 is 6.56. The summed E-state index contributed by atoms with van der Waals surface area (Å²) in [6.07, 6.45) is 0. The molecule has 1 aromatic carbocycles. The molecule has 88 valence electrons. The lowest BCUT2D eigenvalue weighted by molar-refractivity contribution is 0.0460. The Bertz CT molecular complexity index is 520. The van der Waals surface area contributed by atoms with Crippen LogP contribution in [-0.2, 0) is 18.4 Å². The molecule has 0 aliphatic heterocycles. The van der Waals surface area contributed by atoms with Crippen molar-refractivity contribution in [1.82, 2.24) is 9.78 Å². The molecule has 0 aliphatic rings. The van der Waals surface area contributed by atoms with E-state index in [1.54, 1.807) is 7.05 Å². The highest BCUT2D eigenvalue weighted by Gasteiger charge is 2.13. The SMILES string of the molecule is Cn1nc(N)cc1C(=O)OCc1ccccc1. The standard InChI is InChI=1S/C12H13N3O2/c1-15-10(7-11(13)14-15)12(16)17-8-9-5-3-2-4-6-9/h2-7H,8H2,1H3,(H2,13,14). The summed E-state index contributed by atoms with van der Waals surface area (Å²) in [5.74, 6) is -0.125. The number of hydrogen-bond acceptors (Lipinski definition) is 4. The Kier molecular flexibility index (Phi) is 3.09. The van der Waals surface area contributed by atoms with Crippen molar-refractivity contribution in [3.63, 3.8) is 0 Å². The molecule has 0 atom stereocenters. The van der Waals surface area contributed by atoms with Crippen LogP contribution in [0.25, 0.3) is 0 Å². The number of aromatic nitrogens is 2. The molecule has 0 unspecified atom stereocenters. The number of nitrogens with zero attached hydrogens (tertiary/aromatic N) is 2. The molecule has 0 bridgehead atoms. The number of nitrogen functional groups attached to an aromatic ring is 1. The fraction of sp³-hybridized carbons (Fsp3) is 0.167. The van der Waals surface area contributed by atoms with Crippen LogP contribution in [0.3, 0.4) is 0 Å². The van der Waals surface area contributed by atoms with Crippen LogP contribution in [0.15, 0.2) is 36.4 Å². The first-order valence-corrected chi connectivity index (χ1v) is 5.17. The van der Waals surface area contributed by atoms with Gasteiger partial charge in [-0.3, -0.25) is 4.68 Å². The quantitative estimate of drug-likeness (QED) is 0.810. The van der Waals surface area contributed by atoms with Crippen LogP contribution in [0.1, 0.15) is 16.1 Å².